The predicted molar refractivity (Wildman–Crippen MR) is 194 cm³/mol. The Morgan fingerprint density at radius 3 is 2.68 bits per heavy atom. The molecule has 0 amide bonds. The van der Waals surface area contributed by atoms with E-state index in [1.54, 1.807) is 6.07 Å². The first-order valence-corrected chi connectivity index (χ1v) is 18.4. The molecule has 0 radical (unpaired) electrons. The summed E-state index contributed by atoms with van der Waals surface area (Å²) >= 11 is 0. The van der Waals surface area contributed by atoms with E-state index in [2.05, 4.69) is 18.7 Å². The third-order valence-corrected chi connectivity index (χ3v) is 10.8. The Balaban J connectivity index is 1.37. The number of halogens is 1. The van der Waals surface area contributed by atoms with Crippen molar-refractivity contribution in [1.82, 2.24) is 24.4 Å². The number of hydrogen-bond acceptors (Lipinski definition) is 8. The first kappa shape index (κ1) is 35.9. The zero-order valence-electron chi connectivity index (χ0n) is 30.6. The molecule has 10 heteroatoms. The quantitative estimate of drug-likeness (QED) is 0.133. The van der Waals surface area contributed by atoms with Gasteiger partial charge in [0.2, 0.25) is 0 Å². The topological polar surface area (TPSA) is 91.6 Å². The lowest BCUT2D eigenvalue weighted by Crippen LogP contribution is -2.40. The largest absolute Gasteiger partial charge is 0.490 e. The molecule has 1 fully saturated rings. The Hall–Kier alpha value is -3.89. The Bertz CT molecular complexity index is 1830. The molecule has 1 atom stereocenters. The number of fused-ring (bicyclic) bond motifs is 2. The minimum atomic E-state index is -0.393. The maximum absolute atomic E-state index is 15.7. The second kappa shape index (κ2) is 16.0. The zero-order chi connectivity index (χ0) is 35.4. The Morgan fingerprint density at radius 1 is 1.14 bits per heavy atom. The summed E-state index contributed by atoms with van der Waals surface area (Å²) < 4.78 is 34.1. The number of nitrogens with zero attached hydrogens (tertiary/aromatic N) is 5. The summed E-state index contributed by atoms with van der Waals surface area (Å²) in [5.74, 6) is 0.500. The van der Waals surface area contributed by atoms with Crippen molar-refractivity contribution in [2.45, 2.75) is 97.4 Å². The van der Waals surface area contributed by atoms with E-state index in [0.29, 0.717) is 35.8 Å². The van der Waals surface area contributed by atoms with Gasteiger partial charge in [0.15, 0.2) is 17.4 Å². The normalized spacial score (nSPS) is 15.7. The Kier molecular flexibility index (Phi) is 11.5. The summed E-state index contributed by atoms with van der Waals surface area (Å²) in [5.41, 5.74) is 7.33. The number of aromatic nitrogens is 4. The molecule has 3 aromatic heterocycles. The summed E-state index contributed by atoms with van der Waals surface area (Å²) in [7, 11) is 3.35. The minimum absolute atomic E-state index is 0.0217. The van der Waals surface area contributed by atoms with Crippen LogP contribution in [0.25, 0.3) is 33.7 Å². The molecular weight excluding hydrogens is 633 g/mol. The first-order chi connectivity index (χ1) is 24.2. The lowest BCUT2D eigenvalue weighted by Gasteiger charge is -2.34. The summed E-state index contributed by atoms with van der Waals surface area (Å²) in [4.78, 5) is 30.3. The van der Waals surface area contributed by atoms with Crippen LogP contribution in [0.2, 0.25) is 0 Å². The first-order valence-electron chi connectivity index (χ1n) is 18.4. The van der Waals surface area contributed by atoms with Gasteiger partial charge in [0, 0.05) is 60.8 Å². The smallest absolute Gasteiger partial charge is 0.310 e. The van der Waals surface area contributed by atoms with Gasteiger partial charge in [0.1, 0.15) is 5.65 Å². The second-order valence-electron chi connectivity index (χ2n) is 13.9. The fraction of sp³-hybridized carbons (Fsp3) is 0.550. The molecule has 2 aliphatic rings. The molecule has 1 saturated heterocycles. The molecular formula is C40H52FN5O4. The van der Waals surface area contributed by atoms with Crippen molar-refractivity contribution in [3.63, 3.8) is 0 Å². The maximum Gasteiger partial charge on any atom is 0.310 e. The van der Waals surface area contributed by atoms with Gasteiger partial charge in [-0.25, -0.2) is 19.3 Å². The summed E-state index contributed by atoms with van der Waals surface area (Å²) in [6, 6.07) is 6.26. The molecule has 9 nitrogen and oxygen atoms in total. The van der Waals surface area contributed by atoms with Gasteiger partial charge in [-0.2, -0.15) is 0 Å². The third-order valence-electron chi connectivity index (χ3n) is 10.8. The van der Waals surface area contributed by atoms with Crippen LogP contribution in [-0.2, 0) is 34.2 Å². The maximum atomic E-state index is 15.7. The number of benzene rings is 1. The van der Waals surface area contributed by atoms with Gasteiger partial charge >= 0.3 is 5.97 Å². The van der Waals surface area contributed by atoms with Gasteiger partial charge in [0.25, 0.3) is 0 Å². The van der Waals surface area contributed by atoms with Crippen LogP contribution in [0.4, 0.5) is 4.39 Å². The van der Waals surface area contributed by atoms with Crippen LogP contribution in [0.3, 0.4) is 0 Å². The average Bonchev–Trinajstić information content (AvgIpc) is 3.47. The van der Waals surface area contributed by atoms with E-state index in [0.717, 1.165) is 128 Å². The van der Waals surface area contributed by atoms with E-state index in [4.69, 9.17) is 29.2 Å². The van der Waals surface area contributed by atoms with Crippen molar-refractivity contribution < 1.29 is 23.4 Å². The van der Waals surface area contributed by atoms with E-state index in [9.17, 15) is 4.79 Å². The molecule has 1 unspecified atom stereocenters. The number of hydrogen-bond donors (Lipinski definition) is 0. The highest BCUT2D eigenvalue weighted by atomic mass is 19.1. The van der Waals surface area contributed by atoms with Crippen molar-refractivity contribution in [2.75, 3.05) is 40.0 Å². The molecule has 0 spiro atoms. The van der Waals surface area contributed by atoms with Crippen molar-refractivity contribution in [1.29, 1.82) is 0 Å². The van der Waals surface area contributed by atoms with Crippen LogP contribution in [0.1, 0.15) is 92.8 Å². The number of carbonyl (C=O) groups excluding carboxylic acids is 1. The van der Waals surface area contributed by atoms with Gasteiger partial charge in [-0.1, -0.05) is 13.8 Å². The average molecular weight is 686 g/mol. The van der Waals surface area contributed by atoms with Crippen LogP contribution in [0.5, 0.6) is 5.75 Å². The summed E-state index contributed by atoms with van der Waals surface area (Å²) in [6.07, 6.45) is 9.99. The van der Waals surface area contributed by atoms with Crippen molar-refractivity contribution in [3.8, 4) is 28.4 Å². The van der Waals surface area contributed by atoms with Gasteiger partial charge in [-0.3, -0.25) is 4.79 Å². The molecule has 0 bridgehead atoms. The molecule has 5 heterocycles. The number of pyridine rings is 1. The fourth-order valence-electron chi connectivity index (χ4n) is 7.99. The molecule has 0 saturated carbocycles. The SMILES string of the molecule is CCCN(CCCC(CC)c1ccnc(-c2cc3c(-c4cc(F)c5c(c4C)CCCO5)c(CC(=O)OC)c(C)nc3n2C)n1)C1CCOCC1. The monoisotopic (exact) mass is 685 g/mol. The number of rotatable bonds is 13. The highest BCUT2D eigenvalue weighted by molar-refractivity contribution is 6.00. The molecule has 268 valence electrons. The molecule has 0 aliphatic carbocycles. The molecule has 6 rings (SSSR count). The van der Waals surface area contributed by atoms with E-state index in [-0.39, 0.29) is 12.4 Å². The van der Waals surface area contributed by atoms with E-state index in [1.165, 1.54) is 7.11 Å². The van der Waals surface area contributed by atoms with Gasteiger partial charge in [0.05, 0.1) is 25.8 Å². The van der Waals surface area contributed by atoms with Crippen molar-refractivity contribution in [3.05, 3.63) is 58.3 Å². The standard InChI is InChI=1S/C40H52FN5O4/c1-7-17-46(28-14-20-49-21-15-28)18-9-11-27(8-2)34-13-16-42-39(44-34)35-23-32-37(30-22-33(41)38-29(25(30)3)12-10-19-50-38)31(24-36(47)48-6)26(4)43-40(32)45(35)5/h13,16,22-23,27-28H,7-12,14-15,17-21,24H2,1-6H3. The highest BCUT2D eigenvalue weighted by Gasteiger charge is 2.27. The highest BCUT2D eigenvalue weighted by Crippen LogP contribution is 2.43. The van der Waals surface area contributed by atoms with Crippen molar-refractivity contribution in [2.24, 2.45) is 7.05 Å². The summed E-state index contributed by atoms with van der Waals surface area (Å²) in [6.45, 7) is 12.9. The van der Waals surface area contributed by atoms with Crippen LogP contribution < -0.4 is 4.74 Å². The summed E-state index contributed by atoms with van der Waals surface area (Å²) in [5, 5.41) is 0.816. The lowest BCUT2D eigenvalue weighted by atomic mass is 9.87. The number of aryl methyl sites for hydroxylation is 2. The van der Waals surface area contributed by atoms with Crippen molar-refractivity contribution >= 4 is 17.0 Å². The molecule has 0 N–H and O–H groups in total. The molecule has 2 aliphatic heterocycles. The Labute approximate surface area is 295 Å². The lowest BCUT2D eigenvalue weighted by molar-refractivity contribution is -0.139. The predicted octanol–water partition coefficient (Wildman–Crippen LogP) is 7.66. The van der Waals surface area contributed by atoms with Gasteiger partial charge < -0.3 is 23.7 Å². The molecule has 50 heavy (non-hydrogen) atoms. The second-order valence-corrected chi connectivity index (χ2v) is 13.9. The zero-order valence-corrected chi connectivity index (χ0v) is 30.6. The van der Waals surface area contributed by atoms with Crippen LogP contribution in [0, 0.1) is 19.7 Å². The molecule has 4 aromatic rings. The van der Waals surface area contributed by atoms with Crippen LogP contribution in [0.15, 0.2) is 24.4 Å². The third kappa shape index (κ3) is 7.28. The molecule has 1 aromatic carbocycles. The van der Waals surface area contributed by atoms with Crippen LogP contribution >= 0.6 is 0 Å². The van der Waals surface area contributed by atoms with Gasteiger partial charge in [-0.05, 0) is 119 Å². The van der Waals surface area contributed by atoms with E-state index >= 15 is 4.39 Å². The van der Waals surface area contributed by atoms with Gasteiger partial charge in [-0.15, -0.1) is 0 Å². The minimum Gasteiger partial charge on any atom is -0.490 e. The number of methoxy groups -OCH3 is 1. The number of esters is 1. The Morgan fingerprint density at radius 2 is 1.94 bits per heavy atom. The fourth-order valence-corrected chi connectivity index (χ4v) is 7.99. The van der Waals surface area contributed by atoms with Crippen LogP contribution in [-0.4, -0.2) is 76.5 Å². The number of ether oxygens (including phenoxy) is 3. The van der Waals surface area contributed by atoms with E-state index in [1.807, 2.05) is 43.8 Å². The van der Waals surface area contributed by atoms with E-state index < -0.39 is 5.82 Å². The number of carbonyl (C=O) groups is 1.